The van der Waals surface area contributed by atoms with Crippen LogP contribution >= 0.6 is 0 Å². The van der Waals surface area contributed by atoms with Gasteiger partial charge >= 0.3 is 0 Å². The molecule has 0 saturated heterocycles. The van der Waals surface area contributed by atoms with Gasteiger partial charge in [-0.3, -0.25) is 9.59 Å². The third-order valence-electron chi connectivity index (χ3n) is 2.90. The molecule has 0 aliphatic heterocycles. The molecule has 1 aliphatic rings. The summed E-state index contributed by atoms with van der Waals surface area (Å²) in [5, 5.41) is 5.20. The second kappa shape index (κ2) is 6.18. The maximum Gasteiger partial charge on any atom is 0.229 e. The highest BCUT2D eigenvalue weighted by molar-refractivity contribution is 5.96. The Balaban J connectivity index is 2.10. The largest absolute Gasteiger partial charge is 0.373 e. The van der Waals surface area contributed by atoms with Gasteiger partial charge in [0.2, 0.25) is 11.8 Å². The predicted molar refractivity (Wildman–Crippen MR) is 69.0 cm³/mol. The lowest BCUT2D eigenvalue weighted by molar-refractivity contribution is -0.130. The summed E-state index contributed by atoms with van der Waals surface area (Å²) < 4.78 is 5.82. The number of hydrogen-bond acceptors (Lipinski definition) is 3. The van der Waals surface area contributed by atoms with E-state index in [9.17, 15) is 9.59 Å². The van der Waals surface area contributed by atoms with Crippen LogP contribution in [0.2, 0.25) is 0 Å². The first-order valence-corrected chi connectivity index (χ1v) is 6.45. The van der Waals surface area contributed by atoms with Gasteiger partial charge in [-0.2, -0.15) is 0 Å². The SMILES string of the molecule is CNC(=O)CC(=O)NCC1CC(OC(C)(C)C)C1. The van der Waals surface area contributed by atoms with Crippen LogP contribution in [0, 0.1) is 5.92 Å². The maximum atomic E-state index is 11.4. The van der Waals surface area contributed by atoms with Gasteiger partial charge in [-0.25, -0.2) is 0 Å². The molecule has 0 aromatic heterocycles. The highest BCUT2D eigenvalue weighted by atomic mass is 16.5. The summed E-state index contributed by atoms with van der Waals surface area (Å²) in [6.07, 6.45) is 2.19. The van der Waals surface area contributed by atoms with Gasteiger partial charge in [0.05, 0.1) is 11.7 Å². The van der Waals surface area contributed by atoms with Crippen molar-refractivity contribution in [2.75, 3.05) is 13.6 Å². The van der Waals surface area contributed by atoms with E-state index in [2.05, 4.69) is 10.6 Å². The lowest BCUT2D eigenvalue weighted by atomic mass is 9.82. The molecule has 104 valence electrons. The van der Waals surface area contributed by atoms with Gasteiger partial charge in [-0.05, 0) is 39.5 Å². The van der Waals surface area contributed by atoms with Crippen molar-refractivity contribution in [1.82, 2.24) is 10.6 Å². The van der Waals surface area contributed by atoms with Crippen molar-refractivity contribution in [3.8, 4) is 0 Å². The van der Waals surface area contributed by atoms with E-state index in [0.717, 1.165) is 12.8 Å². The zero-order chi connectivity index (χ0) is 13.8. The third-order valence-corrected chi connectivity index (χ3v) is 2.90. The summed E-state index contributed by atoms with van der Waals surface area (Å²) in [7, 11) is 1.52. The fourth-order valence-electron chi connectivity index (χ4n) is 1.99. The van der Waals surface area contributed by atoms with Crippen molar-refractivity contribution >= 4 is 11.8 Å². The summed E-state index contributed by atoms with van der Waals surface area (Å²) in [6, 6.07) is 0. The molecule has 5 heteroatoms. The second-order valence-electron chi connectivity index (χ2n) is 5.84. The molecule has 18 heavy (non-hydrogen) atoms. The number of hydrogen-bond donors (Lipinski definition) is 2. The molecule has 1 saturated carbocycles. The number of rotatable bonds is 5. The Morgan fingerprint density at radius 1 is 1.22 bits per heavy atom. The molecule has 0 heterocycles. The van der Waals surface area contributed by atoms with Crippen LogP contribution in [0.3, 0.4) is 0 Å². The van der Waals surface area contributed by atoms with Gasteiger partial charge in [0.1, 0.15) is 6.42 Å². The zero-order valence-electron chi connectivity index (χ0n) is 11.7. The zero-order valence-corrected chi connectivity index (χ0v) is 11.7. The van der Waals surface area contributed by atoms with E-state index < -0.39 is 0 Å². The van der Waals surface area contributed by atoms with Crippen LogP contribution < -0.4 is 10.6 Å². The molecular formula is C13H24N2O3. The van der Waals surface area contributed by atoms with Crippen LogP contribution in [0.15, 0.2) is 0 Å². The van der Waals surface area contributed by atoms with Gasteiger partial charge in [0.15, 0.2) is 0 Å². The Kier molecular flexibility index (Phi) is 5.14. The molecule has 5 nitrogen and oxygen atoms in total. The van der Waals surface area contributed by atoms with Crippen molar-refractivity contribution in [2.45, 2.75) is 51.7 Å². The van der Waals surface area contributed by atoms with Crippen LogP contribution in [0.5, 0.6) is 0 Å². The van der Waals surface area contributed by atoms with E-state index in [4.69, 9.17) is 4.74 Å². The minimum atomic E-state index is -0.255. The molecule has 1 rings (SSSR count). The van der Waals surface area contributed by atoms with Crippen LogP contribution in [0.1, 0.15) is 40.0 Å². The molecular weight excluding hydrogens is 232 g/mol. The molecule has 0 bridgehead atoms. The number of nitrogens with one attached hydrogen (secondary N) is 2. The normalized spacial score (nSPS) is 23.1. The summed E-state index contributed by atoms with van der Waals surface area (Å²) in [4.78, 5) is 22.3. The van der Waals surface area contributed by atoms with Gasteiger partial charge in [-0.15, -0.1) is 0 Å². The first-order valence-electron chi connectivity index (χ1n) is 6.45. The van der Waals surface area contributed by atoms with Crippen molar-refractivity contribution in [2.24, 2.45) is 5.92 Å². The van der Waals surface area contributed by atoms with E-state index >= 15 is 0 Å². The van der Waals surface area contributed by atoms with Crippen LogP contribution in [-0.4, -0.2) is 37.1 Å². The summed E-state index contributed by atoms with van der Waals surface area (Å²) in [5.74, 6) is 0.00980. The van der Waals surface area contributed by atoms with Gasteiger partial charge in [-0.1, -0.05) is 0 Å². The predicted octanol–water partition coefficient (Wildman–Crippen LogP) is 0.832. The quantitative estimate of drug-likeness (QED) is 0.716. The fourth-order valence-corrected chi connectivity index (χ4v) is 1.99. The van der Waals surface area contributed by atoms with E-state index in [0.29, 0.717) is 18.6 Å². The molecule has 2 N–H and O–H groups in total. The lowest BCUT2D eigenvalue weighted by Crippen LogP contribution is -2.43. The molecule has 0 spiro atoms. The topological polar surface area (TPSA) is 67.4 Å². The Labute approximate surface area is 109 Å². The second-order valence-corrected chi connectivity index (χ2v) is 5.84. The van der Waals surface area contributed by atoms with Crippen LogP contribution in [0.4, 0.5) is 0 Å². The molecule has 0 aromatic rings. The summed E-state index contributed by atoms with van der Waals surface area (Å²) in [5.41, 5.74) is -0.0991. The molecule has 2 amide bonds. The first kappa shape index (κ1) is 15.0. The number of amides is 2. The Hall–Kier alpha value is -1.10. The number of carbonyl (C=O) groups excluding carboxylic acids is 2. The monoisotopic (exact) mass is 256 g/mol. The smallest absolute Gasteiger partial charge is 0.229 e. The van der Waals surface area contributed by atoms with Crippen LogP contribution in [-0.2, 0) is 14.3 Å². The van der Waals surface area contributed by atoms with Crippen molar-refractivity contribution < 1.29 is 14.3 Å². The minimum Gasteiger partial charge on any atom is -0.373 e. The molecule has 0 unspecified atom stereocenters. The molecule has 1 fully saturated rings. The highest BCUT2D eigenvalue weighted by Gasteiger charge is 2.32. The molecule has 0 radical (unpaired) electrons. The standard InChI is InChI=1S/C13H24N2O3/c1-13(2,3)18-10-5-9(6-10)8-15-12(17)7-11(16)14-4/h9-10H,5-8H2,1-4H3,(H,14,16)(H,15,17). The van der Waals surface area contributed by atoms with Crippen LogP contribution in [0.25, 0.3) is 0 Å². The van der Waals surface area contributed by atoms with E-state index in [1.54, 1.807) is 0 Å². The van der Waals surface area contributed by atoms with Crippen molar-refractivity contribution in [3.05, 3.63) is 0 Å². The van der Waals surface area contributed by atoms with E-state index in [1.807, 2.05) is 20.8 Å². The highest BCUT2D eigenvalue weighted by Crippen LogP contribution is 2.32. The average Bonchev–Trinajstić information content (AvgIpc) is 2.19. The summed E-state index contributed by atoms with van der Waals surface area (Å²) in [6.45, 7) is 6.78. The first-order chi connectivity index (χ1) is 8.30. The van der Waals surface area contributed by atoms with E-state index in [1.165, 1.54) is 7.05 Å². The Bertz CT molecular complexity index is 304. The Morgan fingerprint density at radius 3 is 2.33 bits per heavy atom. The lowest BCUT2D eigenvalue weighted by Gasteiger charge is -2.39. The van der Waals surface area contributed by atoms with Gasteiger partial charge in [0, 0.05) is 13.6 Å². The number of ether oxygens (including phenoxy) is 1. The Morgan fingerprint density at radius 2 is 1.83 bits per heavy atom. The molecule has 0 aromatic carbocycles. The van der Waals surface area contributed by atoms with Crippen molar-refractivity contribution in [1.29, 1.82) is 0 Å². The average molecular weight is 256 g/mol. The van der Waals surface area contributed by atoms with E-state index in [-0.39, 0.29) is 23.8 Å². The van der Waals surface area contributed by atoms with Gasteiger partial charge < -0.3 is 15.4 Å². The minimum absolute atomic E-state index is 0.0921. The van der Waals surface area contributed by atoms with Gasteiger partial charge in [0.25, 0.3) is 0 Å². The van der Waals surface area contributed by atoms with Crippen molar-refractivity contribution in [3.63, 3.8) is 0 Å². The maximum absolute atomic E-state index is 11.4. The fraction of sp³-hybridized carbons (Fsp3) is 0.846. The third kappa shape index (κ3) is 5.49. The molecule has 0 atom stereocenters. The molecule has 1 aliphatic carbocycles. The summed E-state index contributed by atoms with van der Waals surface area (Å²) >= 11 is 0. The number of carbonyl (C=O) groups is 2.